The highest BCUT2D eigenvalue weighted by Gasteiger charge is 2.15. The Labute approximate surface area is 144 Å². The van der Waals surface area contributed by atoms with Crippen LogP contribution in [0.2, 0.25) is 0 Å². The summed E-state index contributed by atoms with van der Waals surface area (Å²) >= 11 is 3.27. The number of pyridine rings is 1. The highest BCUT2D eigenvalue weighted by molar-refractivity contribution is 9.10. The van der Waals surface area contributed by atoms with Gasteiger partial charge in [0, 0.05) is 23.2 Å². The number of hydrogen-bond acceptors (Lipinski definition) is 3. The SMILES string of the molecule is Cn1cc(Br)cc1C(=O)NNC(=O)c1cc2ccccc2[nH]c1=O. The Balaban J connectivity index is 1.78. The summed E-state index contributed by atoms with van der Waals surface area (Å²) in [7, 11) is 1.70. The Bertz CT molecular complexity index is 1010. The number of hydrogen-bond donors (Lipinski definition) is 3. The van der Waals surface area contributed by atoms with E-state index in [1.54, 1.807) is 48.1 Å². The second-order valence-corrected chi connectivity index (χ2v) is 6.08. The summed E-state index contributed by atoms with van der Waals surface area (Å²) in [4.78, 5) is 38.9. The van der Waals surface area contributed by atoms with Gasteiger partial charge in [-0.3, -0.25) is 25.2 Å². The minimum Gasteiger partial charge on any atom is -0.345 e. The molecule has 7 nitrogen and oxygen atoms in total. The van der Waals surface area contributed by atoms with Crippen LogP contribution in [-0.2, 0) is 7.05 Å². The van der Waals surface area contributed by atoms with E-state index in [4.69, 9.17) is 0 Å². The van der Waals surface area contributed by atoms with Crippen molar-refractivity contribution in [2.45, 2.75) is 0 Å². The van der Waals surface area contributed by atoms with Crippen LogP contribution in [0, 0.1) is 0 Å². The van der Waals surface area contributed by atoms with Crippen molar-refractivity contribution in [3.63, 3.8) is 0 Å². The third-order valence-corrected chi connectivity index (χ3v) is 3.93. The first-order valence-electron chi connectivity index (χ1n) is 7.00. The lowest BCUT2D eigenvalue weighted by molar-refractivity contribution is 0.0841. The summed E-state index contributed by atoms with van der Waals surface area (Å²) in [6.45, 7) is 0. The fourth-order valence-electron chi connectivity index (χ4n) is 2.31. The number of amides is 2. The lowest BCUT2D eigenvalue weighted by Crippen LogP contribution is -2.43. The number of nitrogens with zero attached hydrogens (tertiary/aromatic N) is 1. The second kappa shape index (κ2) is 6.32. The number of fused-ring (bicyclic) bond motifs is 1. The summed E-state index contributed by atoms with van der Waals surface area (Å²) in [6.07, 6.45) is 1.71. The average molecular weight is 389 g/mol. The Morgan fingerprint density at radius 1 is 1.12 bits per heavy atom. The second-order valence-electron chi connectivity index (χ2n) is 5.16. The van der Waals surface area contributed by atoms with E-state index in [1.165, 1.54) is 6.07 Å². The van der Waals surface area contributed by atoms with E-state index in [0.29, 0.717) is 11.2 Å². The van der Waals surface area contributed by atoms with Gasteiger partial charge in [0.05, 0.1) is 0 Å². The number of nitrogens with one attached hydrogen (secondary N) is 3. The van der Waals surface area contributed by atoms with E-state index in [9.17, 15) is 14.4 Å². The Kier molecular flexibility index (Phi) is 4.22. The van der Waals surface area contributed by atoms with Gasteiger partial charge in [-0.25, -0.2) is 0 Å². The van der Waals surface area contributed by atoms with Crippen LogP contribution in [0.4, 0.5) is 0 Å². The van der Waals surface area contributed by atoms with E-state index in [0.717, 1.165) is 9.86 Å². The normalized spacial score (nSPS) is 10.6. The van der Waals surface area contributed by atoms with Gasteiger partial charge in [-0.15, -0.1) is 0 Å². The van der Waals surface area contributed by atoms with Crippen molar-refractivity contribution in [2.75, 3.05) is 0 Å². The van der Waals surface area contributed by atoms with Crippen molar-refractivity contribution in [1.82, 2.24) is 20.4 Å². The monoisotopic (exact) mass is 388 g/mol. The summed E-state index contributed by atoms with van der Waals surface area (Å²) in [5.74, 6) is -1.18. The fraction of sp³-hybridized carbons (Fsp3) is 0.0625. The Hall–Kier alpha value is -2.87. The molecule has 24 heavy (non-hydrogen) atoms. The Morgan fingerprint density at radius 2 is 1.83 bits per heavy atom. The van der Waals surface area contributed by atoms with Gasteiger partial charge in [-0.1, -0.05) is 18.2 Å². The first-order chi connectivity index (χ1) is 11.5. The molecule has 0 aliphatic carbocycles. The average Bonchev–Trinajstić information content (AvgIpc) is 2.90. The molecule has 0 saturated heterocycles. The van der Waals surface area contributed by atoms with Crippen LogP contribution in [0.1, 0.15) is 20.8 Å². The summed E-state index contributed by atoms with van der Waals surface area (Å²) in [6, 6.07) is 10.2. The maximum Gasteiger partial charge on any atom is 0.286 e. The van der Waals surface area contributed by atoms with E-state index in [2.05, 4.69) is 31.8 Å². The molecule has 0 radical (unpaired) electrons. The van der Waals surface area contributed by atoms with Crippen molar-refractivity contribution in [3.8, 4) is 0 Å². The molecule has 0 bridgehead atoms. The number of rotatable bonds is 2. The number of aryl methyl sites for hydroxylation is 1. The molecule has 8 heteroatoms. The number of carbonyl (C=O) groups is 2. The number of halogens is 1. The zero-order valence-corrected chi connectivity index (χ0v) is 14.2. The van der Waals surface area contributed by atoms with Crippen LogP contribution in [-0.4, -0.2) is 21.4 Å². The van der Waals surface area contributed by atoms with E-state index >= 15 is 0 Å². The molecule has 0 spiro atoms. The first kappa shape index (κ1) is 16.0. The van der Waals surface area contributed by atoms with Gasteiger partial charge in [0.2, 0.25) is 0 Å². The predicted octanol–water partition coefficient (Wildman–Crippen LogP) is 1.70. The van der Waals surface area contributed by atoms with Crippen molar-refractivity contribution < 1.29 is 9.59 Å². The maximum absolute atomic E-state index is 12.2. The van der Waals surface area contributed by atoms with Crippen LogP contribution >= 0.6 is 15.9 Å². The van der Waals surface area contributed by atoms with Gasteiger partial charge in [0.15, 0.2) is 0 Å². The molecular formula is C16H13BrN4O3. The minimum absolute atomic E-state index is 0.0814. The number of aromatic amines is 1. The molecule has 2 amide bonds. The van der Waals surface area contributed by atoms with Crippen molar-refractivity contribution >= 4 is 38.6 Å². The maximum atomic E-state index is 12.2. The van der Waals surface area contributed by atoms with Crippen LogP contribution in [0.5, 0.6) is 0 Å². The standard InChI is InChI=1S/C16H13BrN4O3/c1-21-8-10(17)7-13(21)16(24)20-19-15(23)11-6-9-4-2-3-5-12(9)18-14(11)22/h2-8H,1H3,(H,18,22)(H,19,23)(H,20,24). The van der Waals surface area contributed by atoms with Gasteiger partial charge < -0.3 is 9.55 Å². The molecule has 2 heterocycles. The lowest BCUT2D eigenvalue weighted by atomic mass is 10.1. The van der Waals surface area contributed by atoms with Crippen LogP contribution in [0.3, 0.4) is 0 Å². The highest BCUT2D eigenvalue weighted by atomic mass is 79.9. The lowest BCUT2D eigenvalue weighted by Gasteiger charge is -2.08. The molecule has 0 atom stereocenters. The smallest absolute Gasteiger partial charge is 0.286 e. The molecule has 2 aromatic heterocycles. The molecule has 122 valence electrons. The third-order valence-electron chi connectivity index (χ3n) is 3.49. The zero-order valence-electron chi connectivity index (χ0n) is 12.6. The van der Waals surface area contributed by atoms with E-state index in [-0.39, 0.29) is 5.56 Å². The van der Waals surface area contributed by atoms with Gasteiger partial charge >= 0.3 is 0 Å². The highest BCUT2D eigenvalue weighted by Crippen LogP contribution is 2.13. The molecule has 0 fully saturated rings. The molecule has 3 N–H and O–H groups in total. The summed E-state index contributed by atoms with van der Waals surface area (Å²) < 4.78 is 2.35. The Morgan fingerprint density at radius 3 is 2.54 bits per heavy atom. The number of carbonyl (C=O) groups excluding carboxylic acids is 2. The molecule has 0 saturated carbocycles. The molecule has 0 unspecified atom stereocenters. The number of H-pyrrole nitrogens is 1. The molecule has 0 aliphatic rings. The largest absolute Gasteiger partial charge is 0.345 e. The first-order valence-corrected chi connectivity index (χ1v) is 7.79. The fourth-order valence-corrected chi connectivity index (χ4v) is 2.83. The molecule has 0 aliphatic heterocycles. The topological polar surface area (TPSA) is 96.0 Å². The molecular weight excluding hydrogens is 376 g/mol. The van der Waals surface area contributed by atoms with Gasteiger partial charge in [0.1, 0.15) is 11.3 Å². The number of aromatic nitrogens is 2. The summed E-state index contributed by atoms with van der Waals surface area (Å²) in [5.41, 5.74) is 4.93. The van der Waals surface area contributed by atoms with Gasteiger partial charge in [-0.05, 0) is 39.5 Å². The van der Waals surface area contributed by atoms with Crippen LogP contribution in [0.25, 0.3) is 10.9 Å². The number of hydrazine groups is 1. The number of benzene rings is 1. The van der Waals surface area contributed by atoms with E-state index < -0.39 is 17.4 Å². The van der Waals surface area contributed by atoms with Crippen LogP contribution < -0.4 is 16.4 Å². The predicted molar refractivity (Wildman–Crippen MR) is 92.6 cm³/mol. The molecule has 3 aromatic rings. The summed E-state index contributed by atoms with van der Waals surface area (Å²) in [5, 5.41) is 0.722. The molecule has 3 rings (SSSR count). The third kappa shape index (κ3) is 3.09. The number of para-hydroxylation sites is 1. The van der Waals surface area contributed by atoms with E-state index in [1.807, 2.05) is 0 Å². The molecule has 1 aromatic carbocycles. The van der Waals surface area contributed by atoms with Gasteiger partial charge in [0.25, 0.3) is 17.4 Å². The minimum atomic E-state index is -0.691. The van der Waals surface area contributed by atoms with Crippen molar-refractivity contribution in [1.29, 1.82) is 0 Å². The van der Waals surface area contributed by atoms with Gasteiger partial charge in [-0.2, -0.15) is 0 Å². The zero-order chi connectivity index (χ0) is 17.3. The van der Waals surface area contributed by atoms with Crippen molar-refractivity contribution in [3.05, 3.63) is 68.7 Å². The van der Waals surface area contributed by atoms with Crippen molar-refractivity contribution in [2.24, 2.45) is 7.05 Å². The quantitative estimate of drug-likeness (QED) is 0.583. The van der Waals surface area contributed by atoms with Crippen LogP contribution in [0.15, 0.2) is 51.9 Å².